The third-order valence-electron chi connectivity index (χ3n) is 5.37. The van der Waals surface area contributed by atoms with Crippen LogP contribution in [0.15, 0.2) is 18.2 Å². The molecule has 0 radical (unpaired) electrons. The van der Waals surface area contributed by atoms with Crippen molar-refractivity contribution in [2.45, 2.75) is 57.2 Å². The lowest BCUT2D eigenvalue weighted by molar-refractivity contribution is -0.122. The molecule has 1 fully saturated rings. The highest BCUT2D eigenvalue weighted by atomic mass is 16.4. The van der Waals surface area contributed by atoms with Crippen molar-refractivity contribution in [3.8, 4) is 0 Å². The molecule has 5 nitrogen and oxygen atoms in total. The summed E-state index contributed by atoms with van der Waals surface area (Å²) in [5.74, 6) is -0.842. The van der Waals surface area contributed by atoms with E-state index in [9.17, 15) is 19.7 Å². The number of hydrogen-bond donors (Lipinski definition) is 3. The first-order valence-corrected chi connectivity index (χ1v) is 8.86. The Bertz CT molecular complexity index is 627. The summed E-state index contributed by atoms with van der Waals surface area (Å²) in [5, 5.41) is 22.6. The van der Waals surface area contributed by atoms with E-state index in [4.69, 9.17) is 0 Å². The SMILES string of the molecule is O=C(CC1CCCCC1)N[C@H]1Cc2cccc(C(=O)O)c2CB1O. The van der Waals surface area contributed by atoms with Gasteiger partial charge in [0.1, 0.15) is 0 Å². The molecule has 1 amide bonds. The standard InChI is InChI=1S/C18H24BNO4/c21-17(9-12-5-2-1-3-6-12)20-16-10-13-7-4-8-14(18(22)23)15(13)11-19(16)24/h4,7-8,12,16,24H,1-3,5-6,9-11H2,(H,20,21)(H,22,23)/t16-/m0/s1. The second-order valence-electron chi connectivity index (χ2n) is 7.11. The summed E-state index contributed by atoms with van der Waals surface area (Å²) in [4.78, 5) is 23.6. The summed E-state index contributed by atoms with van der Waals surface area (Å²) in [7, 11) is 0. The molecule has 1 aromatic rings. The Labute approximate surface area is 142 Å². The van der Waals surface area contributed by atoms with E-state index in [1.54, 1.807) is 12.1 Å². The molecule has 0 spiro atoms. The Kier molecular flexibility index (Phi) is 5.24. The molecule has 0 bridgehead atoms. The molecule has 128 valence electrons. The van der Waals surface area contributed by atoms with Crippen LogP contribution in [0.25, 0.3) is 0 Å². The molecule has 0 aromatic heterocycles. The summed E-state index contributed by atoms with van der Waals surface area (Å²) < 4.78 is 0. The van der Waals surface area contributed by atoms with Crippen molar-refractivity contribution < 1.29 is 19.7 Å². The van der Waals surface area contributed by atoms with Gasteiger partial charge in [0.15, 0.2) is 0 Å². The molecule has 1 saturated carbocycles. The lowest BCUT2D eigenvalue weighted by atomic mass is 9.50. The zero-order valence-electron chi connectivity index (χ0n) is 13.8. The summed E-state index contributed by atoms with van der Waals surface area (Å²) in [5.41, 5.74) is 1.84. The van der Waals surface area contributed by atoms with Crippen molar-refractivity contribution in [3.05, 3.63) is 34.9 Å². The minimum atomic E-state index is -0.973. The van der Waals surface area contributed by atoms with Gasteiger partial charge in [-0.1, -0.05) is 31.4 Å². The number of hydrogen-bond acceptors (Lipinski definition) is 3. The first-order valence-electron chi connectivity index (χ1n) is 8.86. The lowest BCUT2D eigenvalue weighted by Gasteiger charge is -2.29. The van der Waals surface area contributed by atoms with Gasteiger partial charge in [0, 0.05) is 12.4 Å². The summed E-state index contributed by atoms with van der Waals surface area (Å²) >= 11 is 0. The van der Waals surface area contributed by atoms with Crippen LogP contribution in [0.2, 0.25) is 0 Å². The minimum Gasteiger partial charge on any atom is -0.478 e. The van der Waals surface area contributed by atoms with E-state index in [2.05, 4.69) is 5.32 Å². The number of carboxylic acids is 1. The van der Waals surface area contributed by atoms with Crippen molar-refractivity contribution in [3.63, 3.8) is 0 Å². The number of aromatic carboxylic acids is 1. The van der Waals surface area contributed by atoms with Crippen LogP contribution >= 0.6 is 0 Å². The van der Waals surface area contributed by atoms with Crippen molar-refractivity contribution in [2.75, 3.05) is 0 Å². The highest BCUT2D eigenvalue weighted by Crippen LogP contribution is 2.27. The topological polar surface area (TPSA) is 86.6 Å². The largest absolute Gasteiger partial charge is 0.478 e. The number of benzene rings is 1. The Morgan fingerprint density at radius 3 is 2.67 bits per heavy atom. The van der Waals surface area contributed by atoms with E-state index >= 15 is 0 Å². The molecule has 6 heteroatoms. The monoisotopic (exact) mass is 329 g/mol. The maximum atomic E-state index is 12.3. The zero-order chi connectivity index (χ0) is 17.1. The van der Waals surface area contributed by atoms with Crippen molar-refractivity contribution in [1.82, 2.24) is 5.32 Å². The van der Waals surface area contributed by atoms with Crippen molar-refractivity contribution in [1.29, 1.82) is 0 Å². The highest BCUT2D eigenvalue weighted by molar-refractivity contribution is 6.52. The number of carboxylic acid groups (broad SMARTS) is 1. The van der Waals surface area contributed by atoms with Crippen LogP contribution in [-0.2, 0) is 17.5 Å². The Morgan fingerprint density at radius 2 is 1.96 bits per heavy atom. The first kappa shape index (κ1) is 17.0. The third kappa shape index (κ3) is 3.81. The fourth-order valence-electron chi connectivity index (χ4n) is 4.06. The summed E-state index contributed by atoms with van der Waals surface area (Å²) in [6.45, 7) is -0.742. The third-order valence-corrected chi connectivity index (χ3v) is 5.37. The van der Waals surface area contributed by atoms with Gasteiger partial charge in [-0.15, -0.1) is 0 Å². The van der Waals surface area contributed by atoms with Gasteiger partial charge in [-0.3, -0.25) is 4.79 Å². The van der Waals surface area contributed by atoms with Gasteiger partial charge in [-0.2, -0.15) is 0 Å². The van der Waals surface area contributed by atoms with Gasteiger partial charge in [-0.05, 0) is 48.7 Å². The smallest absolute Gasteiger partial charge is 0.335 e. The van der Waals surface area contributed by atoms with Crippen LogP contribution in [0.4, 0.5) is 0 Å². The first-order chi connectivity index (χ1) is 11.5. The Balaban J connectivity index is 1.64. The molecule has 1 aliphatic carbocycles. The number of nitrogens with one attached hydrogen (secondary N) is 1. The van der Waals surface area contributed by atoms with E-state index < -0.39 is 12.9 Å². The molecule has 3 rings (SSSR count). The second kappa shape index (κ2) is 7.39. The number of fused-ring (bicyclic) bond motifs is 1. The van der Waals surface area contributed by atoms with Gasteiger partial charge < -0.3 is 15.4 Å². The van der Waals surface area contributed by atoms with Gasteiger partial charge in [0.05, 0.1) is 5.56 Å². The highest BCUT2D eigenvalue weighted by Gasteiger charge is 2.34. The maximum Gasteiger partial charge on any atom is 0.335 e. The number of amides is 1. The molecule has 3 N–H and O–H groups in total. The fraction of sp³-hybridized carbons (Fsp3) is 0.556. The van der Waals surface area contributed by atoms with E-state index in [0.717, 1.165) is 18.4 Å². The summed E-state index contributed by atoms with van der Waals surface area (Å²) in [6.07, 6.45) is 7.19. The van der Waals surface area contributed by atoms with Crippen LogP contribution in [-0.4, -0.2) is 34.9 Å². The van der Waals surface area contributed by atoms with Crippen LogP contribution in [0.1, 0.15) is 60.0 Å². The molecule has 1 aliphatic heterocycles. The second-order valence-corrected chi connectivity index (χ2v) is 7.11. The maximum absolute atomic E-state index is 12.3. The molecule has 1 aromatic carbocycles. The van der Waals surface area contributed by atoms with Gasteiger partial charge in [-0.25, -0.2) is 4.79 Å². The molecule has 2 aliphatic rings. The molecule has 0 unspecified atom stereocenters. The van der Waals surface area contributed by atoms with Crippen molar-refractivity contribution >= 4 is 18.8 Å². The fourth-order valence-corrected chi connectivity index (χ4v) is 4.06. The average molecular weight is 329 g/mol. The van der Waals surface area contributed by atoms with Crippen LogP contribution in [0.3, 0.4) is 0 Å². The van der Waals surface area contributed by atoms with Crippen molar-refractivity contribution in [2.24, 2.45) is 5.92 Å². The zero-order valence-corrected chi connectivity index (χ0v) is 13.8. The molecule has 1 heterocycles. The normalized spacial score (nSPS) is 21.2. The predicted molar refractivity (Wildman–Crippen MR) is 91.9 cm³/mol. The average Bonchev–Trinajstić information content (AvgIpc) is 2.55. The molecular weight excluding hydrogens is 305 g/mol. The molecular formula is C18H24BNO4. The van der Waals surface area contributed by atoms with Gasteiger partial charge in [0.2, 0.25) is 5.91 Å². The number of rotatable bonds is 4. The van der Waals surface area contributed by atoms with Crippen LogP contribution < -0.4 is 5.32 Å². The lowest BCUT2D eigenvalue weighted by Crippen LogP contribution is -2.51. The van der Waals surface area contributed by atoms with E-state index in [0.29, 0.717) is 24.3 Å². The molecule has 1 atom stereocenters. The minimum absolute atomic E-state index is 0.00351. The Morgan fingerprint density at radius 1 is 1.21 bits per heavy atom. The Hall–Kier alpha value is -1.82. The molecule has 0 saturated heterocycles. The van der Waals surface area contributed by atoms with E-state index in [-0.39, 0.29) is 23.7 Å². The predicted octanol–water partition coefficient (Wildman–Crippen LogP) is 2.00. The van der Waals surface area contributed by atoms with E-state index in [1.807, 2.05) is 6.07 Å². The van der Waals surface area contributed by atoms with Gasteiger partial charge >= 0.3 is 12.9 Å². The number of carbonyl (C=O) groups is 2. The molecule has 24 heavy (non-hydrogen) atoms. The van der Waals surface area contributed by atoms with E-state index in [1.165, 1.54) is 19.3 Å². The van der Waals surface area contributed by atoms with Gasteiger partial charge in [0.25, 0.3) is 0 Å². The van der Waals surface area contributed by atoms with Crippen LogP contribution in [0, 0.1) is 5.92 Å². The quantitative estimate of drug-likeness (QED) is 0.738. The number of carbonyl (C=O) groups excluding carboxylic acids is 1. The van der Waals surface area contributed by atoms with Crippen LogP contribution in [0.5, 0.6) is 0 Å². The summed E-state index contributed by atoms with van der Waals surface area (Å²) in [6, 6.07) is 5.17.